The Bertz CT molecular complexity index is 999. The molecule has 0 aromatic carbocycles. The van der Waals surface area contributed by atoms with Crippen LogP contribution in [0.15, 0.2) is 0 Å². The molecule has 0 aromatic heterocycles. The number of halogens is 4. The van der Waals surface area contributed by atoms with Gasteiger partial charge < -0.3 is 20.1 Å². The van der Waals surface area contributed by atoms with Crippen LogP contribution in [0.5, 0.6) is 0 Å². The third-order valence-electron chi connectivity index (χ3n) is 8.57. The molecule has 0 aliphatic heterocycles. The Morgan fingerprint density at radius 2 is 1.33 bits per heavy atom. The van der Waals surface area contributed by atoms with E-state index < -0.39 is 62.4 Å². The van der Waals surface area contributed by atoms with E-state index in [1.165, 1.54) is 0 Å². The molecule has 5 fully saturated rings. The summed E-state index contributed by atoms with van der Waals surface area (Å²) < 4.78 is 68.7. The molecule has 9 nitrogen and oxygen atoms in total. The second-order valence-corrected chi connectivity index (χ2v) is 14.3. The number of ether oxygens (including phenoxy) is 2. The van der Waals surface area contributed by atoms with Crippen LogP contribution >= 0.6 is 23.2 Å². The zero-order chi connectivity index (χ0) is 28.4. The summed E-state index contributed by atoms with van der Waals surface area (Å²) >= 11 is 11.8. The van der Waals surface area contributed by atoms with Crippen molar-refractivity contribution in [3.05, 3.63) is 0 Å². The molecule has 0 aromatic rings. The number of carbonyl (C=O) groups is 2. The van der Waals surface area contributed by atoms with Crippen LogP contribution in [0, 0.1) is 0 Å². The van der Waals surface area contributed by atoms with Gasteiger partial charge in [-0.25, -0.2) is 8.78 Å². The summed E-state index contributed by atoms with van der Waals surface area (Å²) in [5.41, 5.74) is -1.66. The maximum absolute atomic E-state index is 13.9. The maximum atomic E-state index is 13.9. The minimum Gasteiger partial charge on any atom is -0.368 e. The molecule has 0 radical (unpaired) electrons. The first-order chi connectivity index (χ1) is 18.3. The van der Waals surface area contributed by atoms with Crippen molar-refractivity contribution in [1.82, 2.24) is 10.6 Å². The number of hydrogen-bond acceptors (Lipinski definition) is 7. The number of rotatable bonds is 10. The molecule has 224 valence electrons. The first kappa shape index (κ1) is 31.2. The van der Waals surface area contributed by atoms with Gasteiger partial charge in [0.05, 0.1) is 34.8 Å². The molecule has 2 amide bonds. The van der Waals surface area contributed by atoms with E-state index in [1.54, 1.807) is 0 Å². The van der Waals surface area contributed by atoms with Gasteiger partial charge in [-0.05, 0) is 51.4 Å². The molecule has 0 spiro atoms. The fourth-order valence-corrected chi connectivity index (χ4v) is 7.52. The Hall–Kier alpha value is -0.790. The van der Waals surface area contributed by atoms with Gasteiger partial charge in [0.1, 0.15) is 31.7 Å². The van der Waals surface area contributed by atoms with Crippen LogP contribution in [-0.2, 0) is 33.4 Å². The number of amides is 2. The summed E-state index contributed by atoms with van der Waals surface area (Å²) in [6.07, 6.45) is 1.17. The quantitative estimate of drug-likeness (QED) is 0.285. The highest BCUT2D eigenvalue weighted by Crippen LogP contribution is 2.48. The molecule has 39 heavy (non-hydrogen) atoms. The molecule has 14 heteroatoms. The zero-order valence-electron chi connectivity index (χ0n) is 22.0. The first-order valence-electron chi connectivity index (χ1n) is 13.6. The zero-order valence-corrected chi connectivity index (χ0v) is 24.3. The summed E-state index contributed by atoms with van der Waals surface area (Å²) in [7, 11) is -3.87. The lowest BCUT2D eigenvalue weighted by molar-refractivity contribution is -0.140. The Balaban J connectivity index is 1.32. The number of fused-ring (bicyclic) bond motifs is 3. The van der Waals surface area contributed by atoms with Crippen molar-refractivity contribution in [2.75, 3.05) is 19.5 Å². The van der Waals surface area contributed by atoms with Crippen LogP contribution in [0.4, 0.5) is 8.78 Å². The molecule has 2 bridgehead atoms. The van der Waals surface area contributed by atoms with Crippen LogP contribution in [0.1, 0.15) is 70.6 Å². The van der Waals surface area contributed by atoms with E-state index in [2.05, 4.69) is 10.6 Å². The van der Waals surface area contributed by atoms with Gasteiger partial charge in [0.15, 0.2) is 0 Å². The number of alkyl halides is 4. The summed E-state index contributed by atoms with van der Waals surface area (Å²) in [6.45, 7) is -0.531. The Labute approximate surface area is 238 Å². The molecule has 0 heterocycles. The van der Waals surface area contributed by atoms with E-state index >= 15 is 0 Å². The van der Waals surface area contributed by atoms with Crippen LogP contribution in [0.2, 0.25) is 0 Å². The van der Waals surface area contributed by atoms with Crippen LogP contribution in [-0.4, -0.2) is 92.2 Å². The monoisotopic (exact) mass is 618 g/mol. The topological polar surface area (TPSA) is 120 Å². The molecule has 0 saturated heterocycles. The van der Waals surface area contributed by atoms with Gasteiger partial charge in [-0.3, -0.25) is 13.8 Å². The third-order valence-corrected chi connectivity index (χ3v) is 10.1. The average molecular weight is 620 g/mol. The summed E-state index contributed by atoms with van der Waals surface area (Å²) in [5, 5.41) is 4.86. The maximum Gasteiger partial charge on any atom is 0.264 e. The van der Waals surface area contributed by atoms with Gasteiger partial charge in [0.25, 0.3) is 10.1 Å². The Morgan fingerprint density at radius 1 is 0.846 bits per heavy atom. The van der Waals surface area contributed by atoms with Crippen molar-refractivity contribution in [2.24, 2.45) is 0 Å². The van der Waals surface area contributed by atoms with E-state index in [-0.39, 0.29) is 44.5 Å². The SMILES string of the molecule is CS(=O)(=O)OC1CC2(NC(=O)COC3CCC(Cl)C(F)C3)CCC1(NC(=O)COC1CCC(Cl)C(F)C1)CC2. The standard InChI is InChI=1S/C25H38Cl2F2N2O7S/c1-39(34,35)38-21-12-24(30-22(32)13-36-15-2-4-17(26)19(28)10-15)6-8-25(21,9-7-24)31-23(33)14-37-16-3-5-18(27)20(29)11-16/h15-21H,2-14H2,1H3,(H,30,32)(H,31,33). The van der Waals surface area contributed by atoms with E-state index in [1.807, 2.05) is 0 Å². The lowest BCUT2D eigenvalue weighted by Gasteiger charge is -2.57. The smallest absolute Gasteiger partial charge is 0.264 e. The molecule has 2 N–H and O–H groups in total. The molecule has 5 saturated carbocycles. The molecular formula is C25H38Cl2F2N2O7S. The van der Waals surface area contributed by atoms with Crippen molar-refractivity contribution in [3.8, 4) is 0 Å². The highest BCUT2D eigenvalue weighted by molar-refractivity contribution is 7.86. The van der Waals surface area contributed by atoms with Gasteiger partial charge in [-0.15, -0.1) is 23.2 Å². The van der Waals surface area contributed by atoms with Crippen LogP contribution in [0.25, 0.3) is 0 Å². The Kier molecular flexibility index (Phi) is 10.1. The van der Waals surface area contributed by atoms with Gasteiger partial charge in [-0.2, -0.15) is 8.42 Å². The number of nitrogens with one attached hydrogen (secondary N) is 2. The normalized spacial score (nSPS) is 40.7. The second-order valence-electron chi connectivity index (χ2n) is 11.6. The highest BCUT2D eigenvalue weighted by atomic mass is 35.5. The van der Waals surface area contributed by atoms with E-state index in [0.29, 0.717) is 51.4 Å². The van der Waals surface area contributed by atoms with Crippen molar-refractivity contribution >= 4 is 45.1 Å². The first-order valence-corrected chi connectivity index (χ1v) is 16.3. The molecule has 7 unspecified atom stereocenters. The molecule has 7 atom stereocenters. The van der Waals surface area contributed by atoms with E-state index in [0.717, 1.165) is 6.26 Å². The fourth-order valence-electron chi connectivity index (χ4n) is 6.39. The number of carbonyl (C=O) groups excluding carboxylic acids is 2. The van der Waals surface area contributed by atoms with Crippen LogP contribution in [0.3, 0.4) is 0 Å². The van der Waals surface area contributed by atoms with Crippen molar-refractivity contribution in [3.63, 3.8) is 0 Å². The largest absolute Gasteiger partial charge is 0.368 e. The van der Waals surface area contributed by atoms with E-state index in [4.69, 9.17) is 36.9 Å². The predicted molar refractivity (Wildman–Crippen MR) is 141 cm³/mol. The highest BCUT2D eigenvalue weighted by Gasteiger charge is 2.57. The fraction of sp³-hybridized carbons (Fsp3) is 0.920. The molecule has 5 aliphatic carbocycles. The van der Waals surface area contributed by atoms with Crippen molar-refractivity contribution in [1.29, 1.82) is 0 Å². The van der Waals surface area contributed by atoms with Crippen LogP contribution < -0.4 is 10.6 Å². The van der Waals surface area contributed by atoms with Crippen molar-refractivity contribution in [2.45, 2.75) is 123 Å². The van der Waals surface area contributed by atoms with Gasteiger partial charge in [0.2, 0.25) is 11.8 Å². The van der Waals surface area contributed by atoms with E-state index in [9.17, 15) is 26.8 Å². The average Bonchev–Trinajstić information content (AvgIpc) is 2.85. The summed E-state index contributed by atoms with van der Waals surface area (Å²) in [6, 6.07) is 0. The van der Waals surface area contributed by atoms with Gasteiger partial charge in [0, 0.05) is 24.8 Å². The summed E-state index contributed by atoms with van der Waals surface area (Å²) in [4.78, 5) is 25.6. The Morgan fingerprint density at radius 3 is 1.79 bits per heavy atom. The third kappa shape index (κ3) is 8.16. The van der Waals surface area contributed by atoms with Gasteiger partial charge >= 0.3 is 0 Å². The molecular weight excluding hydrogens is 581 g/mol. The molecule has 5 rings (SSSR count). The second kappa shape index (κ2) is 12.6. The minimum atomic E-state index is -3.87. The predicted octanol–water partition coefficient (Wildman–Crippen LogP) is 3.05. The lowest BCUT2D eigenvalue weighted by atomic mass is 9.60. The minimum absolute atomic E-state index is 0.126. The summed E-state index contributed by atoms with van der Waals surface area (Å²) in [5.74, 6) is -0.814. The molecule has 5 aliphatic rings. The lowest BCUT2D eigenvalue weighted by Crippen LogP contribution is -2.71. The van der Waals surface area contributed by atoms with Gasteiger partial charge in [-0.1, -0.05) is 0 Å². The number of hydrogen-bond donors (Lipinski definition) is 2. The van der Waals surface area contributed by atoms with Crippen molar-refractivity contribution < 1.29 is 40.4 Å².